The second-order valence-electron chi connectivity index (χ2n) is 13.7. The molecule has 4 heterocycles. The molecule has 0 spiro atoms. The van der Waals surface area contributed by atoms with Crippen molar-refractivity contribution in [2.75, 3.05) is 13.1 Å². The molecule has 4 aromatic heterocycles. The second kappa shape index (κ2) is 12.6. The van der Waals surface area contributed by atoms with Gasteiger partial charge in [0, 0.05) is 47.0 Å². The highest BCUT2D eigenvalue weighted by Gasteiger charge is 2.21. The molecule has 4 N–H and O–H groups in total. The number of amides is 2. The lowest BCUT2D eigenvalue weighted by molar-refractivity contribution is -0.657. The van der Waals surface area contributed by atoms with E-state index in [1.165, 1.54) is 33.0 Å². The number of H-pyrrole nitrogens is 2. The van der Waals surface area contributed by atoms with Gasteiger partial charge >= 0.3 is 0 Å². The van der Waals surface area contributed by atoms with Crippen LogP contribution in [0.15, 0.2) is 85.2 Å². The Bertz CT molecular complexity index is 2460. The fourth-order valence-corrected chi connectivity index (χ4v) is 7.36. The Balaban J connectivity index is 0.891. The highest BCUT2D eigenvalue weighted by molar-refractivity contribution is 6.16. The predicted octanol–water partition coefficient (Wildman–Crippen LogP) is 6.78. The van der Waals surface area contributed by atoms with Gasteiger partial charge in [0.25, 0.3) is 11.8 Å². The van der Waals surface area contributed by atoms with Crippen LogP contribution in [0.3, 0.4) is 0 Å². The topological polar surface area (TPSA) is 97.5 Å². The zero-order chi connectivity index (χ0) is 34.5. The van der Waals surface area contributed by atoms with Gasteiger partial charge in [0.1, 0.15) is 0 Å². The van der Waals surface area contributed by atoms with E-state index in [0.717, 1.165) is 67.5 Å². The number of aromatic amines is 2. The zero-order valence-corrected chi connectivity index (χ0v) is 29.0. The van der Waals surface area contributed by atoms with E-state index < -0.39 is 0 Å². The summed E-state index contributed by atoms with van der Waals surface area (Å²) < 4.78 is 4.10. The van der Waals surface area contributed by atoms with Crippen LogP contribution < -0.4 is 19.8 Å². The number of aryl methyl sites for hydroxylation is 4. The first-order valence-corrected chi connectivity index (χ1v) is 17.5. The molecule has 0 atom stereocenters. The molecular formula is C42H42N6O2+2. The summed E-state index contributed by atoms with van der Waals surface area (Å²) >= 11 is 0. The molecule has 250 valence electrons. The molecule has 0 aliphatic carbocycles. The first kappa shape index (κ1) is 31.5. The molecule has 0 saturated carbocycles. The van der Waals surface area contributed by atoms with Crippen LogP contribution in [0.2, 0.25) is 0 Å². The Morgan fingerprint density at radius 1 is 0.540 bits per heavy atom. The molecule has 8 aromatic rings. The Morgan fingerprint density at radius 2 is 0.940 bits per heavy atom. The maximum Gasteiger partial charge on any atom is 0.286 e. The van der Waals surface area contributed by atoms with Crippen LogP contribution in [0.25, 0.3) is 65.4 Å². The number of benzene rings is 4. The van der Waals surface area contributed by atoms with E-state index in [4.69, 9.17) is 0 Å². The van der Waals surface area contributed by atoms with Crippen molar-refractivity contribution in [2.45, 2.75) is 53.6 Å². The predicted molar refractivity (Wildman–Crippen MR) is 201 cm³/mol. The molecule has 0 radical (unpaired) electrons. The number of carbonyl (C=O) groups is 2. The van der Waals surface area contributed by atoms with Crippen molar-refractivity contribution in [1.82, 2.24) is 20.6 Å². The Morgan fingerprint density at radius 3 is 1.38 bits per heavy atom. The van der Waals surface area contributed by atoms with Crippen LogP contribution in [0.1, 0.15) is 35.1 Å². The molecule has 2 amide bonds. The van der Waals surface area contributed by atoms with Gasteiger partial charge < -0.3 is 20.6 Å². The second-order valence-corrected chi connectivity index (χ2v) is 13.7. The lowest BCUT2D eigenvalue weighted by Gasteiger charge is -2.07. The van der Waals surface area contributed by atoms with Crippen LogP contribution in [0.4, 0.5) is 0 Å². The number of para-hydroxylation sites is 2. The average Bonchev–Trinajstić information content (AvgIpc) is 3.64. The Hall–Kier alpha value is -5.76. The summed E-state index contributed by atoms with van der Waals surface area (Å²) in [6, 6.07) is 25.3. The van der Waals surface area contributed by atoms with Crippen molar-refractivity contribution in [3.63, 3.8) is 0 Å². The molecule has 0 aliphatic rings. The summed E-state index contributed by atoms with van der Waals surface area (Å²) in [7, 11) is 0. The summed E-state index contributed by atoms with van der Waals surface area (Å²) in [5.74, 6) is -0.0616. The van der Waals surface area contributed by atoms with Crippen molar-refractivity contribution in [3.05, 3.63) is 107 Å². The minimum absolute atomic E-state index is 0.0308. The summed E-state index contributed by atoms with van der Waals surface area (Å²) in [5, 5.41) is 12.9. The number of rotatable bonds is 9. The Labute approximate surface area is 290 Å². The molecule has 4 aromatic carbocycles. The van der Waals surface area contributed by atoms with Crippen molar-refractivity contribution in [3.8, 4) is 0 Å². The minimum atomic E-state index is -0.0308. The van der Waals surface area contributed by atoms with Gasteiger partial charge in [-0.05, 0) is 99.2 Å². The number of hydrogen-bond donors (Lipinski definition) is 4. The van der Waals surface area contributed by atoms with Crippen LogP contribution in [-0.2, 0) is 22.7 Å². The van der Waals surface area contributed by atoms with E-state index in [0.29, 0.717) is 13.1 Å². The highest BCUT2D eigenvalue weighted by Crippen LogP contribution is 2.32. The van der Waals surface area contributed by atoms with Crippen molar-refractivity contribution in [1.29, 1.82) is 0 Å². The lowest BCUT2D eigenvalue weighted by Crippen LogP contribution is -2.44. The van der Waals surface area contributed by atoms with E-state index in [9.17, 15) is 9.59 Å². The number of fused-ring (bicyclic) bond motifs is 10. The van der Waals surface area contributed by atoms with E-state index in [2.05, 4.69) is 109 Å². The van der Waals surface area contributed by atoms with Gasteiger partial charge in [-0.15, -0.1) is 0 Å². The largest absolute Gasteiger partial charge is 0.354 e. The smallest absolute Gasteiger partial charge is 0.286 e. The van der Waals surface area contributed by atoms with E-state index in [1.807, 2.05) is 33.4 Å². The summed E-state index contributed by atoms with van der Waals surface area (Å²) in [6.45, 7) is 10.1. The third kappa shape index (κ3) is 5.60. The zero-order valence-electron chi connectivity index (χ0n) is 29.0. The van der Waals surface area contributed by atoms with Crippen molar-refractivity contribution < 1.29 is 18.7 Å². The highest BCUT2D eigenvalue weighted by atomic mass is 16.2. The van der Waals surface area contributed by atoms with Crippen LogP contribution in [0.5, 0.6) is 0 Å². The van der Waals surface area contributed by atoms with Gasteiger partial charge in [0.05, 0.1) is 32.6 Å². The van der Waals surface area contributed by atoms with Crippen molar-refractivity contribution >= 4 is 77.2 Å². The molecule has 8 rings (SSSR count). The first-order valence-electron chi connectivity index (χ1n) is 17.5. The van der Waals surface area contributed by atoms with Crippen LogP contribution in [-0.4, -0.2) is 34.9 Å². The van der Waals surface area contributed by atoms with Gasteiger partial charge in [0.2, 0.25) is 24.1 Å². The molecule has 0 bridgehead atoms. The summed E-state index contributed by atoms with van der Waals surface area (Å²) in [5.41, 5.74) is 11.4. The number of aromatic nitrogens is 4. The number of hydrogen-bond acceptors (Lipinski definition) is 2. The Kier molecular flexibility index (Phi) is 7.94. The van der Waals surface area contributed by atoms with E-state index >= 15 is 0 Å². The summed E-state index contributed by atoms with van der Waals surface area (Å²) in [6.07, 6.45) is 5.74. The van der Waals surface area contributed by atoms with Crippen molar-refractivity contribution in [2.24, 2.45) is 0 Å². The molecule has 0 aliphatic heterocycles. The standard InChI is InChI=1S/C42H40N6O2/c1-25-17-31-33-21-47(37-13-7-5-11-29(37)41(33)45-35(31)19-27(25)3)23-39(49)43-15-9-10-16-44-40(50)24-48-22-34-32-18-26(2)28(4)20-36(32)46-42(34)30-12-6-8-14-38(30)48/h5-8,11-14,17-22H,9-10,15-16,23-24H2,1-4H3,(H2,43,44,49,50)/p+2. The molecule has 0 fully saturated rings. The number of unbranched alkanes of at least 4 members (excludes halogenated alkanes) is 1. The van der Waals surface area contributed by atoms with Crippen LogP contribution in [0, 0.1) is 27.7 Å². The fraction of sp³-hybridized carbons (Fsp3) is 0.238. The average molecular weight is 663 g/mol. The maximum atomic E-state index is 13.1. The van der Waals surface area contributed by atoms with Gasteiger partial charge in [-0.1, -0.05) is 24.3 Å². The van der Waals surface area contributed by atoms with E-state index in [1.54, 1.807) is 0 Å². The molecule has 8 heteroatoms. The third-order valence-electron chi connectivity index (χ3n) is 10.3. The third-order valence-corrected chi connectivity index (χ3v) is 10.3. The monoisotopic (exact) mass is 662 g/mol. The van der Waals surface area contributed by atoms with E-state index in [-0.39, 0.29) is 24.9 Å². The normalized spacial score (nSPS) is 11.8. The first-order chi connectivity index (χ1) is 24.2. The number of pyridine rings is 2. The number of nitrogens with one attached hydrogen (secondary N) is 4. The molecule has 8 nitrogen and oxygen atoms in total. The number of nitrogens with zero attached hydrogens (tertiary/aromatic N) is 2. The van der Waals surface area contributed by atoms with Crippen LogP contribution >= 0.6 is 0 Å². The van der Waals surface area contributed by atoms with Gasteiger partial charge in [-0.2, -0.15) is 9.13 Å². The molecule has 0 saturated heterocycles. The molecule has 50 heavy (non-hydrogen) atoms. The summed E-state index contributed by atoms with van der Waals surface area (Å²) in [4.78, 5) is 33.5. The lowest BCUT2D eigenvalue weighted by atomic mass is 10.1. The fourth-order valence-electron chi connectivity index (χ4n) is 7.36. The molecular weight excluding hydrogens is 621 g/mol. The molecule has 0 unspecified atom stereocenters. The van der Waals surface area contributed by atoms with Gasteiger partial charge in [0.15, 0.2) is 12.4 Å². The maximum absolute atomic E-state index is 13.1. The SMILES string of the molecule is Cc1cc2[nH]c3c(c[n+](CC(=O)NCCCCNC(=O)C[n+]4cc5c6cc(C)c(C)cc6[nH]c5c5ccccc54)c4ccccc34)c2cc1C. The van der Waals surface area contributed by atoms with Gasteiger partial charge in [-0.3, -0.25) is 9.59 Å². The quantitative estimate of drug-likeness (QED) is 0.101. The van der Waals surface area contributed by atoms with Gasteiger partial charge in [-0.25, -0.2) is 0 Å². The number of carbonyl (C=O) groups excluding carboxylic acids is 2. The minimum Gasteiger partial charge on any atom is -0.354 e.